The largest absolute Gasteiger partial charge is 0.418 e. The summed E-state index contributed by atoms with van der Waals surface area (Å²) in [5.41, 5.74) is -3.22. The minimum absolute atomic E-state index is 0.0165. The zero-order valence-corrected chi connectivity index (χ0v) is 12.3. The van der Waals surface area contributed by atoms with Gasteiger partial charge in [-0.2, -0.15) is 22.0 Å². The standard InChI is InChI=1S/C16H8F6N2O/c1-23-11-6-8(2-3-10(11)17)24-7-9(16(20,21)22)13-12(24)4-5-15(18,19)14(13)25/h2-3,6-7H,4-5H2. The molecule has 0 atom stereocenters. The van der Waals surface area contributed by atoms with Gasteiger partial charge in [-0.1, -0.05) is 0 Å². The predicted molar refractivity (Wildman–Crippen MR) is 74.6 cm³/mol. The maximum absolute atomic E-state index is 13.6. The molecule has 1 aromatic heterocycles. The van der Waals surface area contributed by atoms with E-state index in [-0.39, 0.29) is 11.4 Å². The Hall–Kier alpha value is -2.76. The average molecular weight is 358 g/mol. The molecule has 0 N–H and O–H groups in total. The van der Waals surface area contributed by atoms with E-state index in [1.54, 1.807) is 0 Å². The van der Waals surface area contributed by atoms with Gasteiger partial charge in [-0.05, 0) is 24.6 Å². The summed E-state index contributed by atoms with van der Waals surface area (Å²) in [6, 6.07) is 3.00. The van der Waals surface area contributed by atoms with E-state index in [4.69, 9.17) is 6.57 Å². The number of hydrogen-bond acceptors (Lipinski definition) is 1. The number of alkyl halides is 5. The third kappa shape index (κ3) is 2.67. The molecule has 3 nitrogen and oxygen atoms in total. The maximum atomic E-state index is 13.6. The van der Waals surface area contributed by atoms with Gasteiger partial charge in [0.25, 0.3) is 0 Å². The summed E-state index contributed by atoms with van der Waals surface area (Å²) in [6.07, 6.45) is -5.86. The first kappa shape index (κ1) is 17.1. The molecule has 0 aliphatic heterocycles. The molecule has 1 aliphatic carbocycles. The van der Waals surface area contributed by atoms with Crippen molar-refractivity contribution in [1.82, 2.24) is 4.57 Å². The first-order chi connectivity index (χ1) is 11.6. The van der Waals surface area contributed by atoms with Crippen LogP contribution in [0.5, 0.6) is 0 Å². The van der Waals surface area contributed by atoms with Gasteiger partial charge in [0, 0.05) is 24.0 Å². The summed E-state index contributed by atoms with van der Waals surface area (Å²) in [5, 5.41) is 0. The van der Waals surface area contributed by atoms with Crippen molar-refractivity contribution in [2.75, 3.05) is 0 Å². The molecule has 1 heterocycles. The Balaban J connectivity index is 2.28. The number of ketones is 1. The average Bonchev–Trinajstić information content (AvgIpc) is 2.92. The highest BCUT2D eigenvalue weighted by molar-refractivity contribution is 6.05. The quantitative estimate of drug-likeness (QED) is 0.523. The Morgan fingerprint density at radius 2 is 1.92 bits per heavy atom. The number of hydrogen-bond donors (Lipinski definition) is 0. The molecule has 25 heavy (non-hydrogen) atoms. The van der Waals surface area contributed by atoms with Crippen LogP contribution in [-0.4, -0.2) is 16.3 Å². The van der Waals surface area contributed by atoms with Crippen LogP contribution in [0.1, 0.15) is 28.0 Å². The molecule has 1 aliphatic rings. The lowest BCUT2D eigenvalue weighted by Gasteiger charge is -2.23. The van der Waals surface area contributed by atoms with Crippen molar-refractivity contribution in [3.63, 3.8) is 0 Å². The molecular weight excluding hydrogens is 350 g/mol. The molecule has 9 heteroatoms. The van der Waals surface area contributed by atoms with E-state index >= 15 is 0 Å². The zero-order valence-electron chi connectivity index (χ0n) is 12.3. The van der Waals surface area contributed by atoms with Crippen LogP contribution in [0.15, 0.2) is 24.4 Å². The minimum Gasteiger partial charge on any atom is -0.321 e. The molecule has 3 rings (SSSR count). The molecule has 0 radical (unpaired) electrons. The van der Waals surface area contributed by atoms with Crippen molar-refractivity contribution in [1.29, 1.82) is 0 Å². The monoisotopic (exact) mass is 358 g/mol. The molecular formula is C16H8F6N2O. The van der Waals surface area contributed by atoms with Crippen LogP contribution in [0, 0.1) is 12.4 Å². The lowest BCUT2D eigenvalue weighted by molar-refractivity contribution is -0.138. The van der Waals surface area contributed by atoms with E-state index in [0.29, 0.717) is 6.20 Å². The molecule has 0 amide bonds. The summed E-state index contributed by atoms with van der Waals surface area (Å²) in [5.74, 6) is -6.62. The SMILES string of the molecule is [C-]#[N+]c1cc(-n2cc(C(F)(F)F)c3c2CCC(F)(F)C3=O)ccc1F. The van der Waals surface area contributed by atoms with Gasteiger partial charge in [0.05, 0.1) is 17.7 Å². The van der Waals surface area contributed by atoms with Crippen molar-refractivity contribution in [2.45, 2.75) is 24.9 Å². The van der Waals surface area contributed by atoms with Crippen LogP contribution in [-0.2, 0) is 12.6 Å². The van der Waals surface area contributed by atoms with Gasteiger partial charge in [-0.3, -0.25) is 4.79 Å². The van der Waals surface area contributed by atoms with Crippen LogP contribution >= 0.6 is 0 Å². The Bertz CT molecular complexity index is 920. The van der Waals surface area contributed by atoms with Gasteiger partial charge in [0.15, 0.2) is 0 Å². The van der Waals surface area contributed by atoms with E-state index in [2.05, 4.69) is 4.85 Å². The highest BCUT2D eigenvalue weighted by Crippen LogP contribution is 2.42. The van der Waals surface area contributed by atoms with Crippen molar-refractivity contribution >= 4 is 11.5 Å². The second-order valence-electron chi connectivity index (χ2n) is 5.51. The van der Waals surface area contributed by atoms with Crippen LogP contribution in [0.4, 0.5) is 32.0 Å². The number of halogens is 6. The number of fused-ring (bicyclic) bond motifs is 1. The summed E-state index contributed by atoms with van der Waals surface area (Å²) in [7, 11) is 0. The number of carbonyl (C=O) groups is 1. The highest BCUT2D eigenvalue weighted by Gasteiger charge is 2.50. The van der Waals surface area contributed by atoms with Gasteiger partial charge < -0.3 is 4.57 Å². The fraction of sp³-hybridized carbons (Fsp3) is 0.250. The van der Waals surface area contributed by atoms with Gasteiger partial charge in [0.1, 0.15) is 5.82 Å². The van der Waals surface area contributed by atoms with Crippen molar-refractivity contribution in [3.05, 3.63) is 58.5 Å². The number of aromatic nitrogens is 1. The molecule has 1 aromatic carbocycles. The van der Waals surface area contributed by atoms with Crippen LogP contribution < -0.4 is 0 Å². The van der Waals surface area contributed by atoms with Gasteiger partial charge in [-0.15, -0.1) is 0 Å². The second kappa shape index (κ2) is 5.37. The molecule has 0 bridgehead atoms. The lowest BCUT2D eigenvalue weighted by atomic mass is 9.90. The summed E-state index contributed by atoms with van der Waals surface area (Å²) in [6.45, 7) is 6.86. The van der Waals surface area contributed by atoms with Gasteiger partial charge in [-0.25, -0.2) is 9.24 Å². The number of nitrogens with zero attached hydrogens (tertiary/aromatic N) is 2. The highest BCUT2D eigenvalue weighted by atomic mass is 19.4. The molecule has 0 unspecified atom stereocenters. The van der Waals surface area contributed by atoms with Crippen LogP contribution in [0.25, 0.3) is 10.5 Å². The third-order valence-corrected chi connectivity index (χ3v) is 3.98. The third-order valence-electron chi connectivity index (χ3n) is 3.98. The fourth-order valence-electron chi connectivity index (χ4n) is 2.80. The second-order valence-corrected chi connectivity index (χ2v) is 5.51. The van der Waals surface area contributed by atoms with E-state index in [9.17, 15) is 31.1 Å². The lowest BCUT2D eigenvalue weighted by Crippen LogP contribution is -2.35. The molecule has 0 spiro atoms. The molecule has 0 saturated carbocycles. The van der Waals surface area contributed by atoms with Gasteiger partial charge >= 0.3 is 12.1 Å². The Morgan fingerprint density at radius 3 is 2.52 bits per heavy atom. The molecule has 0 fully saturated rings. The molecule has 130 valence electrons. The number of carbonyl (C=O) groups excluding carboxylic acids is 1. The predicted octanol–water partition coefficient (Wildman–Crippen LogP) is 4.95. The normalized spacial score (nSPS) is 16.4. The maximum Gasteiger partial charge on any atom is 0.418 e. The van der Waals surface area contributed by atoms with E-state index in [1.165, 1.54) is 0 Å². The Labute approximate surface area is 137 Å². The topological polar surface area (TPSA) is 26.4 Å². The first-order valence-electron chi connectivity index (χ1n) is 6.97. The van der Waals surface area contributed by atoms with Crippen molar-refractivity contribution in [2.24, 2.45) is 0 Å². The van der Waals surface area contributed by atoms with E-state index < -0.39 is 53.4 Å². The zero-order chi connectivity index (χ0) is 18.6. The number of Topliss-reactive ketones (excluding diaryl/α,β-unsaturated/α-hetero) is 1. The number of benzene rings is 1. The summed E-state index contributed by atoms with van der Waals surface area (Å²) < 4.78 is 81.2. The first-order valence-corrected chi connectivity index (χ1v) is 6.97. The molecule has 0 saturated heterocycles. The smallest absolute Gasteiger partial charge is 0.321 e. The van der Waals surface area contributed by atoms with E-state index in [0.717, 1.165) is 22.8 Å². The van der Waals surface area contributed by atoms with Crippen LogP contribution in [0.2, 0.25) is 0 Å². The minimum atomic E-state index is -5.01. The number of rotatable bonds is 1. The summed E-state index contributed by atoms with van der Waals surface area (Å²) in [4.78, 5) is 14.8. The van der Waals surface area contributed by atoms with Crippen molar-refractivity contribution < 1.29 is 31.1 Å². The Morgan fingerprint density at radius 1 is 1.24 bits per heavy atom. The fourth-order valence-corrected chi connectivity index (χ4v) is 2.80. The molecule has 2 aromatic rings. The van der Waals surface area contributed by atoms with Crippen LogP contribution in [0.3, 0.4) is 0 Å². The Kier molecular flexibility index (Phi) is 3.67. The van der Waals surface area contributed by atoms with Gasteiger partial charge in [0.2, 0.25) is 11.5 Å². The summed E-state index contributed by atoms with van der Waals surface area (Å²) >= 11 is 0. The van der Waals surface area contributed by atoms with E-state index in [1.807, 2.05) is 0 Å². The van der Waals surface area contributed by atoms with Crippen molar-refractivity contribution in [3.8, 4) is 5.69 Å².